The number of fused-ring (bicyclic) bond motifs is 1. The molecule has 0 amide bonds. The Morgan fingerprint density at radius 2 is 2.20 bits per heavy atom. The SMILES string of the molecule is Cl.N=C(N)c1cc2c(CO)cccc2s1. The summed E-state index contributed by atoms with van der Waals surface area (Å²) >= 11 is 1.47. The van der Waals surface area contributed by atoms with Crippen LogP contribution in [-0.4, -0.2) is 10.9 Å². The number of aliphatic hydroxyl groups excluding tert-OH is 1. The third kappa shape index (κ3) is 2.12. The molecule has 4 N–H and O–H groups in total. The van der Waals surface area contributed by atoms with Crippen molar-refractivity contribution >= 4 is 39.7 Å². The van der Waals surface area contributed by atoms with E-state index in [0.717, 1.165) is 20.5 Å². The zero-order valence-electron chi connectivity index (χ0n) is 7.86. The van der Waals surface area contributed by atoms with Crippen molar-refractivity contribution in [2.45, 2.75) is 6.61 Å². The molecule has 0 aliphatic rings. The van der Waals surface area contributed by atoms with Gasteiger partial charge in [-0.1, -0.05) is 12.1 Å². The number of amidine groups is 1. The molecule has 2 rings (SSSR count). The summed E-state index contributed by atoms with van der Waals surface area (Å²) in [5.74, 6) is 0.0788. The second-order valence-corrected chi connectivity index (χ2v) is 4.10. The molecule has 15 heavy (non-hydrogen) atoms. The summed E-state index contributed by atoms with van der Waals surface area (Å²) in [6.07, 6.45) is 0. The van der Waals surface area contributed by atoms with Gasteiger partial charge in [0.1, 0.15) is 5.84 Å². The fourth-order valence-corrected chi connectivity index (χ4v) is 2.36. The molecule has 0 aliphatic carbocycles. The summed E-state index contributed by atoms with van der Waals surface area (Å²) in [4.78, 5) is 0.751. The summed E-state index contributed by atoms with van der Waals surface area (Å²) in [6.45, 7) is 0.0193. The van der Waals surface area contributed by atoms with Crippen molar-refractivity contribution in [2.24, 2.45) is 5.73 Å². The number of nitrogens with one attached hydrogen (secondary N) is 1. The van der Waals surface area contributed by atoms with Crippen LogP contribution >= 0.6 is 23.7 Å². The second-order valence-electron chi connectivity index (χ2n) is 3.01. The number of nitrogen functional groups attached to an aromatic ring is 1. The highest BCUT2D eigenvalue weighted by atomic mass is 35.5. The van der Waals surface area contributed by atoms with Crippen LogP contribution in [0.15, 0.2) is 24.3 Å². The molecule has 80 valence electrons. The molecule has 0 aliphatic heterocycles. The molecule has 3 nitrogen and oxygen atoms in total. The quantitative estimate of drug-likeness (QED) is 0.558. The Morgan fingerprint density at radius 3 is 2.80 bits per heavy atom. The fraction of sp³-hybridized carbons (Fsp3) is 0.100. The number of hydrogen-bond acceptors (Lipinski definition) is 3. The van der Waals surface area contributed by atoms with Crippen LogP contribution in [-0.2, 0) is 6.61 Å². The van der Waals surface area contributed by atoms with Crippen LogP contribution in [0.2, 0.25) is 0 Å². The summed E-state index contributed by atoms with van der Waals surface area (Å²) in [7, 11) is 0. The third-order valence-electron chi connectivity index (χ3n) is 2.09. The molecule has 0 unspecified atom stereocenters. The van der Waals surface area contributed by atoms with Gasteiger partial charge in [-0.2, -0.15) is 0 Å². The Kier molecular flexibility index (Phi) is 3.68. The molecule has 0 spiro atoms. The number of thiophene rings is 1. The Bertz CT molecular complexity index is 495. The highest BCUT2D eigenvalue weighted by Crippen LogP contribution is 2.27. The molecule has 0 bridgehead atoms. The van der Waals surface area contributed by atoms with Crippen LogP contribution in [0.1, 0.15) is 10.4 Å². The van der Waals surface area contributed by atoms with Crippen molar-refractivity contribution in [3.05, 3.63) is 34.7 Å². The number of hydrogen-bond donors (Lipinski definition) is 3. The van der Waals surface area contributed by atoms with Gasteiger partial charge in [-0.25, -0.2) is 0 Å². The summed E-state index contributed by atoms with van der Waals surface area (Å²) in [6, 6.07) is 7.59. The molecule has 1 aromatic carbocycles. The van der Waals surface area contributed by atoms with E-state index < -0.39 is 0 Å². The average molecular weight is 243 g/mol. The zero-order valence-corrected chi connectivity index (χ0v) is 9.49. The Labute approximate surface area is 97.5 Å². The van der Waals surface area contributed by atoms with Gasteiger partial charge < -0.3 is 10.8 Å². The number of rotatable bonds is 2. The standard InChI is InChI=1S/C10H10N2OS.ClH/c11-10(12)9-4-7-6(5-13)2-1-3-8(7)14-9;/h1-4,13H,5H2,(H3,11,12);1H. The Balaban J connectivity index is 0.00000112. The molecular weight excluding hydrogens is 232 g/mol. The van der Waals surface area contributed by atoms with Crippen molar-refractivity contribution in [1.82, 2.24) is 0 Å². The van der Waals surface area contributed by atoms with Crippen LogP contribution in [0.25, 0.3) is 10.1 Å². The normalized spacial score (nSPS) is 9.93. The number of halogens is 1. The first-order valence-corrected chi connectivity index (χ1v) is 5.00. The maximum atomic E-state index is 9.10. The van der Waals surface area contributed by atoms with Crippen LogP contribution in [0.5, 0.6) is 0 Å². The molecule has 1 aromatic heterocycles. The minimum absolute atomic E-state index is 0. The van der Waals surface area contributed by atoms with Crippen molar-refractivity contribution < 1.29 is 5.11 Å². The largest absolute Gasteiger partial charge is 0.392 e. The van der Waals surface area contributed by atoms with Crippen molar-refractivity contribution in [3.63, 3.8) is 0 Å². The summed E-state index contributed by atoms with van der Waals surface area (Å²) < 4.78 is 1.06. The predicted molar refractivity (Wildman–Crippen MR) is 66.0 cm³/mol. The highest BCUT2D eigenvalue weighted by Gasteiger charge is 2.06. The van der Waals surface area contributed by atoms with Gasteiger partial charge in [0.2, 0.25) is 0 Å². The second kappa shape index (κ2) is 4.61. The molecule has 2 aromatic rings. The van der Waals surface area contributed by atoms with Gasteiger partial charge >= 0.3 is 0 Å². The van der Waals surface area contributed by atoms with E-state index in [-0.39, 0.29) is 24.8 Å². The maximum Gasteiger partial charge on any atom is 0.133 e. The monoisotopic (exact) mass is 242 g/mol. The topological polar surface area (TPSA) is 70.1 Å². The van der Waals surface area contributed by atoms with E-state index in [1.54, 1.807) is 0 Å². The summed E-state index contributed by atoms with van der Waals surface area (Å²) in [5.41, 5.74) is 6.28. The van der Waals surface area contributed by atoms with Crippen LogP contribution in [0.4, 0.5) is 0 Å². The van der Waals surface area contributed by atoms with Crippen LogP contribution in [0.3, 0.4) is 0 Å². The molecule has 5 heteroatoms. The molecule has 0 saturated heterocycles. The first-order valence-electron chi connectivity index (χ1n) is 4.19. The van der Waals surface area contributed by atoms with E-state index >= 15 is 0 Å². The lowest BCUT2D eigenvalue weighted by Crippen LogP contribution is -2.08. The minimum atomic E-state index is 0. The third-order valence-corrected chi connectivity index (χ3v) is 3.22. The van der Waals surface area contributed by atoms with E-state index in [4.69, 9.17) is 16.2 Å². The molecule has 0 atom stereocenters. The lowest BCUT2D eigenvalue weighted by atomic mass is 10.1. The van der Waals surface area contributed by atoms with E-state index in [1.165, 1.54) is 11.3 Å². The smallest absolute Gasteiger partial charge is 0.133 e. The first kappa shape index (κ1) is 12.0. The average Bonchev–Trinajstić information content (AvgIpc) is 2.60. The van der Waals surface area contributed by atoms with Crippen molar-refractivity contribution in [3.8, 4) is 0 Å². The minimum Gasteiger partial charge on any atom is -0.392 e. The van der Waals surface area contributed by atoms with Gasteiger partial charge in [-0.05, 0) is 23.1 Å². The molecule has 0 fully saturated rings. The summed E-state index contributed by atoms with van der Waals surface area (Å²) in [5, 5.41) is 17.4. The lowest BCUT2D eigenvalue weighted by Gasteiger charge is -1.96. The van der Waals surface area contributed by atoms with Gasteiger partial charge in [-0.3, -0.25) is 5.41 Å². The zero-order chi connectivity index (χ0) is 10.1. The predicted octanol–water partition coefficient (Wildman–Crippen LogP) is 2.10. The van der Waals surface area contributed by atoms with Crippen molar-refractivity contribution in [2.75, 3.05) is 0 Å². The first-order chi connectivity index (χ1) is 6.72. The van der Waals surface area contributed by atoms with E-state index in [0.29, 0.717) is 0 Å². The van der Waals surface area contributed by atoms with Crippen LogP contribution < -0.4 is 5.73 Å². The molecule has 0 radical (unpaired) electrons. The van der Waals surface area contributed by atoms with Gasteiger partial charge in [0.15, 0.2) is 0 Å². The Hall–Kier alpha value is -1.10. The van der Waals surface area contributed by atoms with E-state index in [9.17, 15) is 0 Å². The van der Waals surface area contributed by atoms with Crippen LogP contribution in [0, 0.1) is 5.41 Å². The molecule has 0 saturated carbocycles. The Morgan fingerprint density at radius 1 is 1.47 bits per heavy atom. The van der Waals surface area contributed by atoms with Gasteiger partial charge in [-0.15, -0.1) is 23.7 Å². The van der Waals surface area contributed by atoms with Crippen molar-refractivity contribution in [1.29, 1.82) is 5.41 Å². The number of nitrogens with two attached hydrogens (primary N) is 1. The molecular formula is C10H11ClN2OS. The number of aliphatic hydroxyl groups is 1. The maximum absolute atomic E-state index is 9.10. The van der Waals surface area contributed by atoms with E-state index in [1.807, 2.05) is 24.3 Å². The highest BCUT2D eigenvalue weighted by molar-refractivity contribution is 7.20. The van der Waals surface area contributed by atoms with Gasteiger partial charge in [0.25, 0.3) is 0 Å². The van der Waals surface area contributed by atoms with Gasteiger partial charge in [0, 0.05) is 4.70 Å². The number of benzene rings is 1. The lowest BCUT2D eigenvalue weighted by molar-refractivity contribution is 0.283. The molecule has 1 heterocycles. The van der Waals surface area contributed by atoms with Gasteiger partial charge in [0.05, 0.1) is 11.5 Å². The van der Waals surface area contributed by atoms with E-state index in [2.05, 4.69) is 0 Å². The fourth-order valence-electron chi connectivity index (χ4n) is 1.39.